The lowest BCUT2D eigenvalue weighted by Crippen LogP contribution is -2.44. The van der Waals surface area contributed by atoms with Crippen molar-refractivity contribution < 1.29 is 4.79 Å². The fourth-order valence-corrected chi connectivity index (χ4v) is 5.59. The molecule has 2 heterocycles. The number of thiophene rings is 1. The normalized spacial score (nSPS) is 27.7. The molecule has 134 valence electrons. The van der Waals surface area contributed by atoms with E-state index in [1.807, 2.05) is 0 Å². The highest BCUT2D eigenvalue weighted by Crippen LogP contribution is 2.32. The van der Waals surface area contributed by atoms with Gasteiger partial charge in [0.15, 0.2) is 0 Å². The van der Waals surface area contributed by atoms with Crippen molar-refractivity contribution in [3.8, 4) is 0 Å². The Morgan fingerprint density at radius 3 is 2.75 bits per heavy atom. The van der Waals surface area contributed by atoms with Gasteiger partial charge in [0.05, 0.1) is 5.56 Å². The van der Waals surface area contributed by atoms with Crippen LogP contribution >= 0.6 is 11.3 Å². The van der Waals surface area contributed by atoms with Gasteiger partial charge in [-0.1, -0.05) is 13.3 Å². The summed E-state index contributed by atoms with van der Waals surface area (Å²) in [5, 5.41) is 5.23. The van der Waals surface area contributed by atoms with Crippen LogP contribution in [-0.4, -0.2) is 36.0 Å². The monoisotopic (exact) mass is 348 g/mol. The Kier molecular flexibility index (Phi) is 5.98. The van der Waals surface area contributed by atoms with Gasteiger partial charge in [0.1, 0.15) is 0 Å². The Balaban J connectivity index is 1.46. The Morgan fingerprint density at radius 2 is 2.00 bits per heavy atom. The molecule has 1 aliphatic heterocycles. The average molecular weight is 349 g/mol. The average Bonchev–Trinajstić information content (AvgIpc) is 2.96. The van der Waals surface area contributed by atoms with Crippen LogP contribution in [0.3, 0.4) is 0 Å². The molecule has 0 spiro atoms. The second-order valence-corrected chi connectivity index (χ2v) is 8.84. The molecule has 1 fully saturated rings. The number of carbonyl (C=O) groups is 1. The van der Waals surface area contributed by atoms with Gasteiger partial charge < -0.3 is 5.32 Å². The van der Waals surface area contributed by atoms with Crippen molar-refractivity contribution in [2.24, 2.45) is 5.92 Å². The van der Waals surface area contributed by atoms with Crippen LogP contribution in [0.25, 0.3) is 0 Å². The first kappa shape index (κ1) is 17.9. The Hall–Kier alpha value is -0.870. The van der Waals surface area contributed by atoms with Crippen LogP contribution in [0.15, 0.2) is 5.38 Å². The van der Waals surface area contributed by atoms with Crippen LogP contribution in [0, 0.1) is 5.92 Å². The third kappa shape index (κ3) is 4.02. The smallest absolute Gasteiger partial charge is 0.252 e. The molecule has 0 bridgehead atoms. The predicted molar refractivity (Wildman–Crippen MR) is 102 cm³/mol. The van der Waals surface area contributed by atoms with Gasteiger partial charge >= 0.3 is 0 Å². The topological polar surface area (TPSA) is 32.3 Å². The first-order valence-electron chi connectivity index (χ1n) is 9.69. The zero-order chi connectivity index (χ0) is 17.1. The summed E-state index contributed by atoms with van der Waals surface area (Å²) in [6, 6.07) is 1.38. The Morgan fingerprint density at radius 1 is 1.25 bits per heavy atom. The summed E-state index contributed by atoms with van der Waals surface area (Å²) < 4.78 is 0. The van der Waals surface area contributed by atoms with E-state index >= 15 is 0 Å². The number of likely N-dealkylation sites (tertiary alicyclic amines) is 1. The molecule has 3 rings (SSSR count). The SMILES string of the molecule is CC1CCc2c(C(=O)NCCCN3C(C)CCCC3C)csc2C1. The van der Waals surface area contributed by atoms with E-state index in [9.17, 15) is 4.79 Å². The molecule has 3 atom stereocenters. The molecule has 1 amide bonds. The minimum atomic E-state index is 0.141. The second kappa shape index (κ2) is 8.01. The summed E-state index contributed by atoms with van der Waals surface area (Å²) in [6.45, 7) is 8.88. The van der Waals surface area contributed by atoms with Gasteiger partial charge in [0.25, 0.3) is 5.91 Å². The summed E-state index contributed by atoms with van der Waals surface area (Å²) in [4.78, 5) is 16.6. The van der Waals surface area contributed by atoms with Crippen LogP contribution in [-0.2, 0) is 12.8 Å². The zero-order valence-corrected chi connectivity index (χ0v) is 16.3. The molecule has 1 saturated heterocycles. The number of fused-ring (bicyclic) bond motifs is 1. The summed E-state index contributed by atoms with van der Waals surface area (Å²) in [5.41, 5.74) is 2.27. The van der Waals surface area contributed by atoms with Crippen LogP contribution < -0.4 is 5.32 Å². The van der Waals surface area contributed by atoms with Crippen molar-refractivity contribution in [1.29, 1.82) is 0 Å². The van der Waals surface area contributed by atoms with Crippen molar-refractivity contribution in [2.75, 3.05) is 13.1 Å². The zero-order valence-electron chi connectivity index (χ0n) is 15.4. The van der Waals surface area contributed by atoms with Crippen LogP contribution in [0.5, 0.6) is 0 Å². The third-order valence-electron chi connectivity index (χ3n) is 5.90. The molecule has 1 aromatic heterocycles. The Labute approximate surface area is 150 Å². The third-order valence-corrected chi connectivity index (χ3v) is 6.95. The number of amides is 1. The largest absolute Gasteiger partial charge is 0.352 e. The number of hydrogen-bond donors (Lipinski definition) is 1. The summed E-state index contributed by atoms with van der Waals surface area (Å²) in [7, 11) is 0. The number of carbonyl (C=O) groups excluding carboxylic acids is 1. The van der Waals surface area contributed by atoms with E-state index in [-0.39, 0.29) is 5.91 Å². The molecular weight excluding hydrogens is 316 g/mol. The van der Waals surface area contributed by atoms with Crippen LogP contribution in [0.2, 0.25) is 0 Å². The van der Waals surface area contributed by atoms with E-state index in [0.29, 0.717) is 12.1 Å². The molecule has 0 aromatic carbocycles. The summed E-state index contributed by atoms with van der Waals surface area (Å²) in [5.74, 6) is 0.905. The van der Waals surface area contributed by atoms with Crippen LogP contribution in [0.4, 0.5) is 0 Å². The van der Waals surface area contributed by atoms with Crippen molar-refractivity contribution in [2.45, 2.75) is 77.8 Å². The standard InChI is InChI=1S/C20H32N2OS/c1-14-8-9-17-18(13-24-19(17)12-14)20(23)21-10-5-11-22-15(2)6-4-7-16(22)3/h13-16H,4-12H2,1-3H3,(H,21,23). The van der Waals surface area contributed by atoms with Crippen molar-refractivity contribution in [3.63, 3.8) is 0 Å². The van der Waals surface area contributed by atoms with E-state index in [1.54, 1.807) is 11.3 Å². The number of piperidine rings is 1. The maximum Gasteiger partial charge on any atom is 0.252 e. The van der Waals surface area contributed by atoms with Gasteiger partial charge in [-0.3, -0.25) is 9.69 Å². The van der Waals surface area contributed by atoms with E-state index in [4.69, 9.17) is 0 Å². The first-order valence-corrected chi connectivity index (χ1v) is 10.6. The molecule has 0 saturated carbocycles. The highest BCUT2D eigenvalue weighted by atomic mass is 32.1. The lowest BCUT2D eigenvalue weighted by atomic mass is 9.88. The lowest BCUT2D eigenvalue weighted by molar-refractivity contribution is 0.0925. The first-order chi connectivity index (χ1) is 11.6. The molecule has 24 heavy (non-hydrogen) atoms. The molecule has 1 aliphatic carbocycles. The maximum absolute atomic E-state index is 12.5. The van der Waals surface area contributed by atoms with E-state index in [0.717, 1.165) is 43.8 Å². The number of hydrogen-bond acceptors (Lipinski definition) is 3. The summed E-state index contributed by atoms with van der Waals surface area (Å²) in [6.07, 6.45) is 8.48. The summed E-state index contributed by atoms with van der Waals surface area (Å²) >= 11 is 1.78. The van der Waals surface area contributed by atoms with Gasteiger partial charge in [0, 0.05) is 35.4 Å². The number of nitrogens with one attached hydrogen (secondary N) is 1. The van der Waals surface area contributed by atoms with Gasteiger partial charge in [-0.05, 0) is 63.9 Å². The van der Waals surface area contributed by atoms with E-state index < -0.39 is 0 Å². The fourth-order valence-electron chi connectivity index (χ4n) is 4.34. The minimum absolute atomic E-state index is 0.141. The van der Waals surface area contributed by atoms with E-state index in [1.165, 1.54) is 36.1 Å². The number of rotatable bonds is 5. The van der Waals surface area contributed by atoms with Crippen LogP contribution in [0.1, 0.15) is 73.7 Å². The highest BCUT2D eigenvalue weighted by Gasteiger charge is 2.25. The van der Waals surface area contributed by atoms with Gasteiger partial charge in [-0.2, -0.15) is 0 Å². The second-order valence-electron chi connectivity index (χ2n) is 7.88. The predicted octanol–water partition coefficient (Wildman–Crippen LogP) is 4.26. The minimum Gasteiger partial charge on any atom is -0.352 e. The Bertz CT molecular complexity index is 558. The van der Waals surface area contributed by atoms with Crippen molar-refractivity contribution in [1.82, 2.24) is 10.2 Å². The van der Waals surface area contributed by atoms with Gasteiger partial charge in [-0.25, -0.2) is 0 Å². The fraction of sp³-hybridized carbons (Fsp3) is 0.750. The van der Waals surface area contributed by atoms with Gasteiger partial charge in [-0.15, -0.1) is 11.3 Å². The quantitative estimate of drug-likeness (QED) is 0.807. The molecule has 1 aromatic rings. The molecule has 0 radical (unpaired) electrons. The molecule has 1 N–H and O–H groups in total. The molecular formula is C20H32N2OS. The molecule has 2 aliphatic rings. The van der Waals surface area contributed by atoms with Crippen molar-refractivity contribution >= 4 is 17.2 Å². The molecule has 3 nitrogen and oxygen atoms in total. The number of nitrogens with zero attached hydrogens (tertiary/aromatic N) is 1. The highest BCUT2D eigenvalue weighted by molar-refractivity contribution is 7.10. The molecule has 4 heteroatoms. The van der Waals surface area contributed by atoms with Crippen molar-refractivity contribution in [3.05, 3.63) is 21.4 Å². The maximum atomic E-state index is 12.5. The lowest BCUT2D eigenvalue weighted by Gasteiger charge is -2.39. The van der Waals surface area contributed by atoms with Gasteiger partial charge in [0.2, 0.25) is 0 Å². The van der Waals surface area contributed by atoms with E-state index in [2.05, 4.69) is 36.4 Å². The molecule has 3 unspecified atom stereocenters.